The number of likely N-dealkylation sites (tertiary alicyclic amines) is 1. The van der Waals surface area contributed by atoms with E-state index in [2.05, 4.69) is 4.90 Å². The number of carboxylic acids is 1. The molecule has 0 saturated carbocycles. The smallest absolute Gasteiger partial charge is 0.337 e. The molecule has 5 nitrogen and oxygen atoms in total. The van der Waals surface area contributed by atoms with Gasteiger partial charge in [-0.1, -0.05) is 0 Å². The van der Waals surface area contributed by atoms with Crippen LogP contribution in [0.5, 0.6) is 0 Å². The van der Waals surface area contributed by atoms with E-state index in [-0.39, 0.29) is 17.2 Å². The van der Waals surface area contributed by atoms with Crippen molar-refractivity contribution in [2.45, 2.75) is 18.9 Å². The molecule has 92 valence electrons. The highest BCUT2D eigenvalue weighted by molar-refractivity contribution is 5.87. The second-order valence-corrected chi connectivity index (χ2v) is 4.53. The molecule has 17 heavy (non-hydrogen) atoms. The third-order valence-electron chi connectivity index (χ3n) is 3.18. The number of hydrogen-bond donors (Lipinski definition) is 1. The first-order valence-corrected chi connectivity index (χ1v) is 5.72. The second kappa shape index (κ2) is 4.71. The van der Waals surface area contributed by atoms with Gasteiger partial charge in [0.15, 0.2) is 0 Å². The van der Waals surface area contributed by atoms with Crippen molar-refractivity contribution in [2.24, 2.45) is 0 Å². The molecule has 0 radical (unpaired) electrons. The second-order valence-electron chi connectivity index (χ2n) is 4.53. The molecule has 1 aliphatic heterocycles. The average Bonchev–Trinajstić information content (AvgIpc) is 2.29. The monoisotopic (exact) mass is 236 g/mol. The summed E-state index contributed by atoms with van der Waals surface area (Å²) >= 11 is 0. The van der Waals surface area contributed by atoms with Crippen molar-refractivity contribution in [2.75, 3.05) is 20.1 Å². The Morgan fingerprint density at radius 1 is 1.47 bits per heavy atom. The Kier molecular flexibility index (Phi) is 3.28. The van der Waals surface area contributed by atoms with Crippen molar-refractivity contribution in [1.29, 1.82) is 0 Å². The van der Waals surface area contributed by atoms with Crippen molar-refractivity contribution in [3.05, 3.63) is 34.2 Å². The fourth-order valence-corrected chi connectivity index (χ4v) is 2.28. The van der Waals surface area contributed by atoms with Crippen molar-refractivity contribution in [3.8, 4) is 0 Å². The normalized spacial score (nSPS) is 21.4. The van der Waals surface area contributed by atoms with E-state index in [1.54, 1.807) is 4.57 Å². The molecule has 0 amide bonds. The minimum absolute atomic E-state index is 0.0838. The van der Waals surface area contributed by atoms with E-state index in [1.165, 1.54) is 18.3 Å². The van der Waals surface area contributed by atoms with E-state index in [1.807, 2.05) is 7.05 Å². The predicted octanol–water partition coefficient (Wildman–Crippen LogP) is 0.813. The Hall–Kier alpha value is -1.62. The molecular formula is C12H16N2O3. The van der Waals surface area contributed by atoms with Gasteiger partial charge >= 0.3 is 5.97 Å². The minimum Gasteiger partial charge on any atom is -0.478 e. The summed E-state index contributed by atoms with van der Waals surface area (Å²) in [6.07, 6.45) is 3.41. The first-order valence-electron chi connectivity index (χ1n) is 5.72. The maximum Gasteiger partial charge on any atom is 0.337 e. The fraction of sp³-hybridized carbons (Fsp3) is 0.500. The molecule has 1 aromatic heterocycles. The van der Waals surface area contributed by atoms with Crippen molar-refractivity contribution in [1.82, 2.24) is 9.47 Å². The van der Waals surface area contributed by atoms with Crippen LogP contribution in [0.3, 0.4) is 0 Å². The van der Waals surface area contributed by atoms with Crippen molar-refractivity contribution in [3.63, 3.8) is 0 Å². The summed E-state index contributed by atoms with van der Waals surface area (Å²) in [5, 5.41) is 8.92. The Bertz CT molecular complexity index is 481. The lowest BCUT2D eigenvalue weighted by Crippen LogP contribution is -2.37. The fourth-order valence-electron chi connectivity index (χ4n) is 2.28. The maximum atomic E-state index is 11.8. The minimum atomic E-state index is -0.997. The van der Waals surface area contributed by atoms with Gasteiger partial charge in [0.05, 0.1) is 5.56 Å². The summed E-state index contributed by atoms with van der Waals surface area (Å²) in [5.41, 5.74) is 0.0353. The molecule has 1 aliphatic rings. The van der Waals surface area contributed by atoms with Gasteiger partial charge in [-0.05, 0) is 32.5 Å². The number of rotatable bonds is 2. The van der Waals surface area contributed by atoms with Gasteiger partial charge in [0.1, 0.15) is 0 Å². The van der Waals surface area contributed by atoms with Gasteiger partial charge in [0.2, 0.25) is 0 Å². The molecule has 0 aromatic carbocycles. The zero-order valence-electron chi connectivity index (χ0n) is 9.80. The van der Waals surface area contributed by atoms with Crippen LogP contribution in [0.2, 0.25) is 0 Å². The van der Waals surface area contributed by atoms with Crippen LogP contribution in [-0.2, 0) is 0 Å². The van der Waals surface area contributed by atoms with E-state index < -0.39 is 5.97 Å². The summed E-state index contributed by atoms with van der Waals surface area (Å²) in [6, 6.07) is 2.77. The number of carboxylic acid groups (broad SMARTS) is 1. The number of aromatic nitrogens is 1. The highest BCUT2D eigenvalue weighted by Crippen LogP contribution is 2.19. The summed E-state index contributed by atoms with van der Waals surface area (Å²) < 4.78 is 1.55. The standard InChI is InChI=1S/C12H16N2O3/c1-13-6-2-3-10(8-13)14-7-9(12(16)17)4-5-11(14)15/h4-5,7,10H,2-3,6,8H2,1H3,(H,16,17). The third-order valence-corrected chi connectivity index (χ3v) is 3.18. The molecule has 1 saturated heterocycles. The molecule has 1 N–H and O–H groups in total. The molecule has 1 atom stereocenters. The van der Waals surface area contributed by atoms with Gasteiger partial charge in [-0.2, -0.15) is 0 Å². The first-order chi connectivity index (χ1) is 8.08. The lowest BCUT2D eigenvalue weighted by atomic mass is 10.1. The lowest BCUT2D eigenvalue weighted by Gasteiger charge is -2.30. The van der Waals surface area contributed by atoms with Crippen LogP contribution in [0.15, 0.2) is 23.1 Å². The van der Waals surface area contributed by atoms with Crippen LogP contribution in [-0.4, -0.2) is 40.7 Å². The summed E-state index contributed by atoms with van der Waals surface area (Å²) in [4.78, 5) is 24.8. The molecule has 0 aliphatic carbocycles. The molecule has 1 aromatic rings. The number of nitrogens with zero attached hydrogens (tertiary/aromatic N) is 2. The largest absolute Gasteiger partial charge is 0.478 e. The highest BCUT2D eigenvalue weighted by atomic mass is 16.4. The van der Waals surface area contributed by atoms with Gasteiger partial charge in [-0.15, -0.1) is 0 Å². The molecule has 2 rings (SSSR count). The molecule has 2 heterocycles. The number of aromatic carboxylic acids is 1. The molecule has 0 spiro atoms. The number of pyridine rings is 1. The quantitative estimate of drug-likeness (QED) is 0.825. The topological polar surface area (TPSA) is 62.5 Å². The van der Waals surface area contributed by atoms with E-state index in [9.17, 15) is 9.59 Å². The summed E-state index contributed by atoms with van der Waals surface area (Å²) in [7, 11) is 2.01. The van der Waals surface area contributed by atoms with E-state index in [0.29, 0.717) is 0 Å². The van der Waals surface area contributed by atoms with Crippen LogP contribution >= 0.6 is 0 Å². The van der Waals surface area contributed by atoms with Crippen molar-refractivity contribution >= 4 is 5.97 Å². The lowest BCUT2D eigenvalue weighted by molar-refractivity contribution is 0.0695. The Labute approximate surface area is 99.3 Å². The molecule has 1 unspecified atom stereocenters. The van der Waals surface area contributed by atoms with E-state index >= 15 is 0 Å². The molecule has 5 heteroatoms. The summed E-state index contributed by atoms with van der Waals surface area (Å²) in [5.74, 6) is -0.997. The average molecular weight is 236 g/mol. The zero-order valence-corrected chi connectivity index (χ0v) is 9.80. The van der Waals surface area contributed by atoms with Crippen LogP contribution in [0, 0.1) is 0 Å². The van der Waals surface area contributed by atoms with E-state index in [4.69, 9.17) is 5.11 Å². The van der Waals surface area contributed by atoms with Crippen LogP contribution in [0.1, 0.15) is 29.2 Å². The first kappa shape index (κ1) is 11.9. The van der Waals surface area contributed by atoms with Crippen LogP contribution in [0.4, 0.5) is 0 Å². The third kappa shape index (κ3) is 2.55. The zero-order chi connectivity index (χ0) is 12.4. The number of carbonyl (C=O) groups is 1. The van der Waals surface area contributed by atoms with Gasteiger partial charge in [-0.25, -0.2) is 4.79 Å². The molecular weight excluding hydrogens is 220 g/mol. The number of piperidine rings is 1. The van der Waals surface area contributed by atoms with Gasteiger partial charge in [0.25, 0.3) is 5.56 Å². The van der Waals surface area contributed by atoms with E-state index in [0.717, 1.165) is 25.9 Å². The van der Waals surface area contributed by atoms with Gasteiger partial charge in [-0.3, -0.25) is 4.79 Å². The van der Waals surface area contributed by atoms with Gasteiger partial charge < -0.3 is 14.6 Å². The SMILES string of the molecule is CN1CCCC(n2cc(C(=O)O)ccc2=O)C1. The number of likely N-dealkylation sites (N-methyl/N-ethyl adjacent to an activating group) is 1. The van der Waals surface area contributed by atoms with Gasteiger partial charge in [0, 0.05) is 24.8 Å². The van der Waals surface area contributed by atoms with Crippen LogP contribution < -0.4 is 5.56 Å². The highest BCUT2D eigenvalue weighted by Gasteiger charge is 2.20. The molecule has 1 fully saturated rings. The predicted molar refractivity (Wildman–Crippen MR) is 63.4 cm³/mol. The Morgan fingerprint density at radius 3 is 2.88 bits per heavy atom. The molecule has 0 bridgehead atoms. The Morgan fingerprint density at radius 2 is 2.24 bits per heavy atom. The van der Waals surface area contributed by atoms with Crippen molar-refractivity contribution < 1.29 is 9.90 Å². The number of hydrogen-bond acceptors (Lipinski definition) is 3. The maximum absolute atomic E-state index is 11.8. The summed E-state index contributed by atoms with van der Waals surface area (Å²) in [6.45, 7) is 1.83. The Balaban J connectivity index is 2.33. The van der Waals surface area contributed by atoms with Crippen LogP contribution in [0.25, 0.3) is 0 Å².